The standard InChI is InChI=1S/C33H33Br2N/c1-31(2)29-20-9-23(21-30(29)32(3,4)33(31,5)6)22-7-14-26(15-8-22)36(27-16-10-24(34)11-17-27)28-18-12-25(35)13-19-28/h7-21H,1-6H3. The number of halogens is 2. The van der Waals surface area contributed by atoms with Gasteiger partial charge in [0, 0.05) is 26.0 Å². The molecule has 0 fully saturated rings. The van der Waals surface area contributed by atoms with Gasteiger partial charge in [0.05, 0.1) is 0 Å². The molecule has 0 spiro atoms. The largest absolute Gasteiger partial charge is 0.311 e. The van der Waals surface area contributed by atoms with Crippen molar-refractivity contribution in [1.29, 1.82) is 0 Å². The third-order valence-corrected chi connectivity index (χ3v) is 10.2. The summed E-state index contributed by atoms with van der Waals surface area (Å²) in [5.41, 5.74) is 9.25. The number of benzene rings is 4. The zero-order valence-corrected chi connectivity index (χ0v) is 25.0. The highest BCUT2D eigenvalue weighted by Gasteiger charge is 2.56. The summed E-state index contributed by atoms with van der Waals surface area (Å²) in [4.78, 5) is 2.29. The Balaban J connectivity index is 1.55. The molecule has 0 atom stereocenters. The molecule has 36 heavy (non-hydrogen) atoms. The van der Waals surface area contributed by atoms with Crippen molar-refractivity contribution >= 4 is 48.9 Å². The van der Waals surface area contributed by atoms with Crippen molar-refractivity contribution in [3.63, 3.8) is 0 Å². The van der Waals surface area contributed by atoms with Gasteiger partial charge in [-0.1, -0.05) is 104 Å². The molecule has 0 aromatic heterocycles. The number of anilines is 3. The minimum absolute atomic E-state index is 0.0990. The average molecular weight is 603 g/mol. The van der Waals surface area contributed by atoms with Crippen molar-refractivity contribution < 1.29 is 0 Å². The van der Waals surface area contributed by atoms with E-state index in [-0.39, 0.29) is 16.2 Å². The van der Waals surface area contributed by atoms with Gasteiger partial charge in [-0.25, -0.2) is 0 Å². The number of hydrogen-bond donors (Lipinski definition) is 0. The van der Waals surface area contributed by atoms with Crippen molar-refractivity contribution in [1.82, 2.24) is 0 Å². The second-order valence-corrected chi connectivity index (χ2v) is 13.3. The molecule has 0 radical (unpaired) electrons. The van der Waals surface area contributed by atoms with Crippen molar-refractivity contribution in [3.8, 4) is 11.1 Å². The molecule has 0 amide bonds. The normalized spacial score (nSPS) is 17.0. The van der Waals surface area contributed by atoms with E-state index in [1.165, 1.54) is 22.3 Å². The molecule has 5 rings (SSSR count). The van der Waals surface area contributed by atoms with Crippen LogP contribution in [-0.2, 0) is 10.8 Å². The summed E-state index contributed by atoms with van der Waals surface area (Å²) < 4.78 is 2.14. The van der Waals surface area contributed by atoms with Crippen LogP contribution in [0.5, 0.6) is 0 Å². The number of fused-ring (bicyclic) bond motifs is 1. The highest BCUT2D eigenvalue weighted by atomic mass is 79.9. The first-order valence-electron chi connectivity index (χ1n) is 12.5. The third-order valence-electron chi connectivity index (χ3n) is 9.12. The van der Waals surface area contributed by atoms with E-state index in [4.69, 9.17) is 0 Å². The molecule has 0 saturated carbocycles. The molecule has 0 unspecified atom stereocenters. The van der Waals surface area contributed by atoms with Crippen LogP contribution in [0.25, 0.3) is 11.1 Å². The summed E-state index contributed by atoms with van der Waals surface area (Å²) in [5, 5.41) is 0. The Labute approximate surface area is 232 Å². The second kappa shape index (κ2) is 8.89. The molecule has 0 heterocycles. The molecule has 3 heteroatoms. The van der Waals surface area contributed by atoms with Gasteiger partial charge in [-0.05, 0) is 99.2 Å². The summed E-state index contributed by atoms with van der Waals surface area (Å²) in [6.45, 7) is 14.4. The molecule has 0 N–H and O–H groups in total. The van der Waals surface area contributed by atoms with Crippen molar-refractivity contribution in [2.75, 3.05) is 4.90 Å². The molecular weight excluding hydrogens is 570 g/mol. The molecule has 1 nitrogen and oxygen atoms in total. The SMILES string of the molecule is CC1(C)c2ccc(-c3ccc(N(c4ccc(Br)cc4)c4ccc(Br)cc4)cc3)cc2C(C)(C)C1(C)C. The maximum absolute atomic E-state index is 3.57. The monoisotopic (exact) mass is 601 g/mol. The highest BCUT2D eigenvalue weighted by molar-refractivity contribution is 9.10. The number of rotatable bonds is 4. The van der Waals surface area contributed by atoms with Gasteiger partial charge in [-0.3, -0.25) is 0 Å². The minimum Gasteiger partial charge on any atom is -0.311 e. The summed E-state index contributed by atoms with van der Waals surface area (Å²) in [7, 11) is 0. The first-order valence-corrected chi connectivity index (χ1v) is 14.1. The lowest BCUT2D eigenvalue weighted by Crippen LogP contribution is -2.42. The lowest BCUT2D eigenvalue weighted by atomic mass is 9.59. The first-order chi connectivity index (χ1) is 16.9. The van der Waals surface area contributed by atoms with Gasteiger partial charge < -0.3 is 4.90 Å². The van der Waals surface area contributed by atoms with Gasteiger partial charge in [0.25, 0.3) is 0 Å². The van der Waals surface area contributed by atoms with Gasteiger partial charge in [0.2, 0.25) is 0 Å². The Bertz CT molecular complexity index is 1350. The predicted octanol–water partition coefficient (Wildman–Crippen LogP) is 10.9. The number of nitrogens with zero attached hydrogens (tertiary/aromatic N) is 1. The van der Waals surface area contributed by atoms with Crippen LogP contribution in [0.15, 0.2) is 99.9 Å². The average Bonchev–Trinajstić information content (AvgIpc) is 2.96. The summed E-state index contributed by atoms with van der Waals surface area (Å²) in [6.07, 6.45) is 0. The quantitative estimate of drug-likeness (QED) is 0.224. The van der Waals surface area contributed by atoms with E-state index >= 15 is 0 Å². The zero-order chi connectivity index (χ0) is 25.9. The van der Waals surface area contributed by atoms with Crippen LogP contribution < -0.4 is 4.90 Å². The van der Waals surface area contributed by atoms with Gasteiger partial charge >= 0.3 is 0 Å². The Kier molecular flexibility index (Phi) is 6.24. The molecule has 0 aliphatic heterocycles. The van der Waals surface area contributed by atoms with Gasteiger partial charge in [0.1, 0.15) is 0 Å². The Morgan fingerprint density at radius 2 is 0.861 bits per heavy atom. The zero-order valence-electron chi connectivity index (χ0n) is 21.9. The van der Waals surface area contributed by atoms with E-state index < -0.39 is 0 Å². The Hall–Kier alpha value is -2.36. The highest BCUT2D eigenvalue weighted by Crippen LogP contribution is 2.61. The maximum Gasteiger partial charge on any atom is 0.0462 e. The fourth-order valence-electron chi connectivity index (χ4n) is 5.67. The van der Waals surface area contributed by atoms with Crippen LogP contribution in [0.1, 0.15) is 52.7 Å². The van der Waals surface area contributed by atoms with E-state index in [0.29, 0.717) is 0 Å². The van der Waals surface area contributed by atoms with Crippen LogP contribution in [0, 0.1) is 5.41 Å². The van der Waals surface area contributed by atoms with E-state index in [0.717, 1.165) is 26.0 Å². The lowest BCUT2D eigenvalue weighted by molar-refractivity contribution is 0.125. The van der Waals surface area contributed by atoms with E-state index in [2.05, 4.69) is 169 Å². The molecule has 0 bridgehead atoms. The van der Waals surface area contributed by atoms with Crippen molar-refractivity contribution in [2.24, 2.45) is 5.41 Å². The Morgan fingerprint density at radius 3 is 1.33 bits per heavy atom. The summed E-state index contributed by atoms with van der Waals surface area (Å²) in [6, 6.07) is 33.0. The van der Waals surface area contributed by atoms with Crippen LogP contribution in [0.2, 0.25) is 0 Å². The molecule has 4 aromatic rings. The molecular formula is C33H33Br2N. The van der Waals surface area contributed by atoms with Crippen molar-refractivity contribution in [3.05, 3.63) is 111 Å². The first kappa shape index (κ1) is 25.3. The van der Waals surface area contributed by atoms with E-state index in [1.54, 1.807) is 0 Å². The minimum atomic E-state index is 0.0990. The molecule has 1 aliphatic rings. The second-order valence-electron chi connectivity index (χ2n) is 11.5. The summed E-state index contributed by atoms with van der Waals surface area (Å²) >= 11 is 7.14. The molecule has 184 valence electrons. The summed E-state index contributed by atoms with van der Waals surface area (Å²) in [5.74, 6) is 0. The fourth-order valence-corrected chi connectivity index (χ4v) is 6.20. The van der Waals surface area contributed by atoms with Gasteiger partial charge in [0.15, 0.2) is 0 Å². The van der Waals surface area contributed by atoms with Gasteiger partial charge in [-0.15, -0.1) is 0 Å². The van der Waals surface area contributed by atoms with Crippen LogP contribution in [0.3, 0.4) is 0 Å². The third kappa shape index (κ3) is 3.96. The fraction of sp³-hybridized carbons (Fsp3) is 0.273. The van der Waals surface area contributed by atoms with Crippen LogP contribution in [0.4, 0.5) is 17.1 Å². The van der Waals surface area contributed by atoms with Crippen LogP contribution in [-0.4, -0.2) is 0 Å². The lowest BCUT2D eigenvalue weighted by Gasteiger charge is -2.44. The molecule has 4 aromatic carbocycles. The Morgan fingerprint density at radius 1 is 0.472 bits per heavy atom. The van der Waals surface area contributed by atoms with E-state index in [1.807, 2.05) is 0 Å². The maximum atomic E-state index is 3.57. The predicted molar refractivity (Wildman–Crippen MR) is 162 cm³/mol. The smallest absolute Gasteiger partial charge is 0.0462 e. The van der Waals surface area contributed by atoms with E-state index in [9.17, 15) is 0 Å². The molecule has 0 saturated heterocycles. The van der Waals surface area contributed by atoms with Crippen LogP contribution >= 0.6 is 31.9 Å². The number of hydrogen-bond acceptors (Lipinski definition) is 1. The molecule has 1 aliphatic carbocycles. The van der Waals surface area contributed by atoms with Gasteiger partial charge in [-0.2, -0.15) is 0 Å². The van der Waals surface area contributed by atoms with Crippen molar-refractivity contribution in [2.45, 2.75) is 52.4 Å². The topological polar surface area (TPSA) is 3.24 Å².